The van der Waals surface area contributed by atoms with Gasteiger partial charge in [0.2, 0.25) is 0 Å². The normalized spacial score (nSPS) is 19.2. The molecular formula is C18H22N2O2. The van der Waals surface area contributed by atoms with Crippen LogP contribution in [0.5, 0.6) is 0 Å². The largest absolute Gasteiger partial charge is 0.458 e. The van der Waals surface area contributed by atoms with Crippen molar-refractivity contribution in [3.05, 3.63) is 53.6 Å². The van der Waals surface area contributed by atoms with Gasteiger partial charge in [-0.15, -0.1) is 0 Å². The molecule has 0 amide bonds. The van der Waals surface area contributed by atoms with E-state index in [1.54, 1.807) is 12.5 Å². The molecule has 2 aromatic rings. The van der Waals surface area contributed by atoms with Crippen LogP contribution in [0.3, 0.4) is 0 Å². The minimum atomic E-state index is -0.310. The van der Waals surface area contributed by atoms with Gasteiger partial charge >= 0.3 is 5.97 Å². The number of ether oxygens (including phenoxy) is 1. The summed E-state index contributed by atoms with van der Waals surface area (Å²) in [5.41, 5.74) is 3.22. The van der Waals surface area contributed by atoms with Crippen LogP contribution in [0.1, 0.15) is 61.8 Å². The summed E-state index contributed by atoms with van der Waals surface area (Å²) in [6.45, 7) is 8.20. The maximum absolute atomic E-state index is 12.3. The number of imidazole rings is 1. The number of aromatic nitrogens is 2. The highest BCUT2D eigenvalue weighted by molar-refractivity contribution is 5.87. The molecule has 22 heavy (non-hydrogen) atoms. The monoisotopic (exact) mass is 298 g/mol. The van der Waals surface area contributed by atoms with Crippen molar-refractivity contribution in [2.24, 2.45) is 0 Å². The summed E-state index contributed by atoms with van der Waals surface area (Å²) in [6.07, 6.45) is 4.14. The van der Waals surface area contributed by atoms with Gasteiger partial charge in [0, 0.05) is 0 Å². The molecule has 1 aliphatic rings. The Bertz CT molecular complexity index is 701. The van der Waals surface area contributed by atoms with E-state index in [4.69, 9.17) is 4.74 Å². The number of carbonyl (C=O) groups is 1. The molecule has 1 aromatic carbocycles. The van der Waals surface area contributed by atoms with Gasteiger partial charge in [0.1, 0.15) is 5.69 Å². The van der Waals surface area contributed by atoms with Gasteiger partial charge in [-0.25, -0.2) is 9.78 Å². The van der Waals surface area contributed by atoms with E-state index in [9.17, 15) is 4.79 Å². The molecule has 0 saturated heterocycles. The minimum Gasteiger partial charge on any atom is -0.458 e. The van der Waals surface area contributed by atoms with E-state index < -0.39 is 0 Å². The Hall–Kier alpha value is -2.10. The third-order valence-electron chi connectivity index (χ3n) is 4.31. The van der Waals surface area contributed by atoms with Gasteiger partial charge in [0.25, 0.3) is 0 Å². The van der Waals surface area contributed by atoms with Crippen LogP contribution >= 0.6 is 0 Å². The van der Waals surface area contributed by atoms with Gasteiger partial charge in [-0.3, -0.25) is 0 Å². The SMILES string of the molecule is CC(C)OC(=O)c1cncn1C1CC(C)(C)c2ccccc21. The van der Waals surface area contributed by atoms with Crippen molar-refractivity contribution >= 4 is 5.97 Å². The van der Waals surface area contributed by atoms with E-state index in [1.807, 2.05) is 18.4 Å². The van der Waals surface area contributed by atoms with Crippen molar-refractivity contribution < 1.29 is 9.53 Å². The zero-order valence-corrected chi connectivity index (χ0v) is 13.5. The first-order valence-corrected chi connectivity index (χ1v) is 7.72. The number of carbonyl (C=O) groups excluding carboxylic acids is 1. The summed E-state index contributed by atoms with van der Waals surface area (Å²) in [7, 11) is 0. The lowest BCUT2D eigenvalue weighted by molar-refractivity contribution is 0.0363. The van der Waals surface area contributed by atoms with E-state index in [0.717, 1.165) is 6.42 Å². The van der Waals surface area contributed by atoms with Crippen molar-refractivity contribution in [1.82, 2.24) is 9.55 Å². The van der Waals surface area contributed by atoms with E-state index >= 15 is 0 Å². The van der Waals surface area contributed by atoms with Crippen molar-refractivity contribution in [2.45, 2.75) is 51.7 Å². The molecule has 3 rings (SSSR count). The molecular weight excluding hydrogens is 276 g/mol. The van der Waals surface area contributed by atoms with Crippen LogP contribution in [0.25, 0.3) is 0 Å². The first kappa shape index (κ1) is 14.8. The average Bonchev–Trinajstić information content (AvgIpc) is 3.02. The van der Waals surface area contributed by atoms with Crippen LogP contribution in [0, 0.1) is 0 Å². The molecule has 0 saturated carbocycles. The summed E-state index contributed by atoms with van der Waals surface area (Å²) < 4.78 is 7.29. The predicted octanol–water partition coefficient (Wildman–Crippen LogP) is 3.72. The Labute approximate surface area is 131 Å². The van der Waals surface area contributed by atoms with Crippen molar-refractivity contribution in [3.63, 3.8) is 0 Å². The fourth-order valence-electron chi connectivity index (χ4n) is 3.34. The molecule has 4 nitrogen and oxygen atoms in total. The Morgan fingerprint density at radius 3 is 2.82 bits per heavy atom. The molecule has 1 aromatic heterocycles. The smallest absolute Gasteiger partial charge is 0.356 e. The van der Waals surface area contributed by atoms with E-state index in [2.05, 4.69) is 43.1 Å². The number of esters is 1. The lowest BCUT2D eigenvalue weighted by Gasteiger charge is -2.20. The zero-order chi connectivity index (χ0) is 15.9. The Morgan fingerprint density at radius 2 is 2.09 bits per heavy atom. The van der Waals surface area contributed by atoms with Crippen LogP contribution in [0.4, 0.5) is 0 Å². The van der Waals surface area contributed by atoms with Gasteiger partial charge in [0.15, 0.2) is 0 Å². The number of rotatable bonds is 3. The Balaban J connectivity index is 2.01. The van der Waals surface area contributed by atoms with Crippen LogP contribution in [-0.2, 0) is 10.2 Å². The molecule has 0 spiro atoms. The van der Waals surface area contributed by atoms with Gasteiger partial charge < -0.3 is 9.30 Å². The Kier molecular flexibility index (Phi) is 3.55. The third-order valence-corrected chi connectivity index (χ3v) is 4.31. The molecule has 0 bridgehead atoms. The minimum absolute atomic E-state index is 0.0880. The average molecular weight is 298 g/mol. The summed E-state index contributed by atoms with van der Waals surface area (Å²) in [6, 6.07) is 8.58. The molecule has 1 aliphatic carbocycles. The Morgan fingerprint density at radius 1 is 1.36 bits per heavy atom. The second-order valence-corrected chi connectivity index (χ2v) is 6.83. The molecule has 0 radical (unpaired) electrons. The number of fused-ring (bicyclic) bond motifs is 1. The molecule has 116 valence electrons. The van der Waals surface area contributed by atoms with Crippen molar-refractivity contribution in [3.8, 4) is 0 Å². The maximum atomic E-state index is 12.3. The molecule has 0 fully saturated rings. The number of hydrogen-bond acceptors (Lipinski definition) is 3. The lowest BCUT2D eigenvalue weighted by Crippen LogP contribution is -2.19. The molecule has 1 atom stereocenters. The summed E-state index contributed by atoms with van der Waals surface area (Å²) in [4.78, 5) is 16.5. The first-order valence-electron chi connectivity index (χ1n) is 7.72. The highest BCUT2D eigenvalue weighted by atomic mass is 16.5. The van der Waals surface area contributed by atoms with Crippen molar-refractivity contribution in [1.29, 1.82) is 0 Å². The summed E-state index contributed by atoms with van der Waals surface area (Å²) >= 11 is 0. The molecule has 0 N–H and O–H groups in total. The standard InChI is InChI=1S/C18H22N2O2/c1-12(2)22-17(21)16-10-19-11-20(16)15-9-18(3,4)14-8-6-5-7-13(14)15/h5-8,10-12,15H,9H2,1-4H3. The maximum Gasteiger partial charge on any atom is 0.356 e. The number of hydrogen-bond donors (Lipinski definition) is 0. The second-order valence-electron chi connectivity index (χ2n) is 6.83. The number of benzene rings is 1. The van der Waals surface area contributed by atoms with E-state index in [0.29, 0.717) is 5.69 Å². The summed E-state index contributed by atoms with van der Waals surface area (Å²) in [5.74, 6) is -0.310. The van der Waals surface area contributed by atoms with Crippen LogP contribution in [-0.4, -0.2) is 21.6 Å². The molecule has 1 heterocycles. The number of nitrogens with zero attached hydrogens (tertiary/aromatic N) is 2. The van der Waals surface area contributed by atoms with Gasteiger partial charge in [-0.05, 0) is 36.8 Å². The third kappa shape index (κ3) is 2.43. The van der Waals surface area contributed by atoms with Crippen LogP contribution < -0.4 is 0 Å². The van der Waals surface area contributed by atoms with Crippen LogP contribution in [0.15, 0.2) is 36.8 Å². The fraction of sp³-hybridized carbons (Fsp3) is 0.444. The van der Waals surface area contributed by atoms with E-state index in [1.165, 1.54) is 11.1 Å². The van der Waals surface area contributed by atoms with Crippen LogP contribution in [0.2, 0.25) is 0 Å². The van der Waals surface area contributed by atoms with E-state index in [-0.39, 0.29) is 23.5 Å². The highest BCUT2D eigenvalue weighted by Crippen LogP contribution is 2.46. The first-order chi connectivity index (χ1) is 10.4. The quantitative estimate of drug-likeness (QED) is 0.811. The van der Waals surface area contributed by atoms with Gasteiger partial charge in [-0.2, -0.15) is 0 Å². The highest BCUT2D eigenvalue weighted by Gasteiger charge is 2.38. The van der Waals surface area contributed by atoms with Gasteiger partial charge in [-0.1, -0.05) is 38.1 Å². The molecule has 1 unspecified atom stereocenters. The summed E-state index contributed by atoms with van der Waals surface area (Å²) in [5, 5.41) is 0. The molecule has 0 aliphatic heterocycles. The zero-order valence-electron chi connectivity index (χ0n) is 13.5. The lowest BCUT2D eigenvalue weighted by atomic mass is 9.86. The predicted molar refractivity (Wildman–Crippen MR) is 85.0 cm³/mol. The van der Waals surface area contributed by atoms with Crippen molar-refractivity contribution in [2.75, 3.05) is 0 Å². The fourth-order valence-corrected chi connectivity index (χ4v) is 3.34. The van der Waals surface area contributed by atoms with Gasteiger partial charge in [0.05, 0.1) is 24.7 Å². The second kappa shape index (κ2) is 5.27. The molecule has 4 heteroatoms. The topological polar surface area (TPSA) is 44.1 Å².